The van der Waals surface area contributed by atoms with Crippen molar-refractivity contribution in [2.45, 2.75) is 18.9 Å². The maximum absolute atomic E-state index is 12.6. The van der Waals surface area contributed by atoms with Crippen molar-refractivity contribution in [3.05, 3.63) is 36.2 Å². The maximum Gasteiger partial charge on any atom is 0.254 e. The molecule has 122 valence electrons. The van der Waals surface area contributed by atoms with Gasteiger partial charge in [0.2, 0.25) is 0 Å². The summed E-state index contributed by atoms with van der Waals surface area (Å²) in [4.78, 5) is 18.4. The fourth-order valence-electron chi connectivity index (χ4n) is 2.38. The summed E-state index contributed by atoms with van der Waals surface area (Å²) in [5.74, 6) is 0.506. The molecular weight excluding hydrogens is 316 g/mol. The van der Waals surface area contributed by atoms with E-state index in [0.717, 1.165) is 18.4 Å². The van der Waals surface area contributed by atoms with Gasteiger partial charge in [0.25, 0.3) is 5.91 Å². The largest absolute Gasteiger partial charge is 0.335 e. The van der Waals surface area contributed by atoms with E-state index in [1.54, 1.807) is 29.2 Å². The van der Waals surface area contributed by atoms with Crippen molar-refractivity contribution in [2.24, 2.45) is 0 Å². The molecule has 1 aliphatic rings. The van der Waals surface area contributed by atoms with Crippen molar-refractivity contribution >= 4 is 15.7 Å². The van der Waals surface area contributed by atoms with Gasteiger partial charge in [-0.05, 0) is 25.0 Å². The molecule has 1 heterocycles. The molecule has 1 amide bonds. The van der Waals surface area contributed by atoms with Gasteiger partial charge in [-0.2, -0.15) is 5.10 Å². The van der Waals surface area contributed by atoms with Crippen LogP contribution in [0.4, 0.5) is 0 Å². The first-order chi connectivity index (χ1) is 10.9. The van der Waals surface area contributed by atoms with Crippen molar-refractivity contribution in [3.63, 3.8) is 0 Å². The summed E-state index contributed by atoms with van der Waals surface area (Å²) in [6, 6.07) is 7.23. The van der Waals surface area contributed by atoms with Crippen LogP contribution in [0.3, 0.4) is 0 Å². The highest BCUT2D eigenvalue weighted by atomic mass is 32.2. The summed E-state index contributed by atoms with van der Waals surface area (Å²) >= 11 is 0. The van der Waals surface area contributed by atoms with Crippen molar-refractivity contribution in [1.29, 1.82) is 0 Å². The summed E-state index contributed by atoms with van der Waals surface area (Å²) in [5, 5.41) is 6.56. The lowest BCUT2D eigenvalue weighted by atomic mass is 10.1. The molecule has 0 saturated heterocycles. The summed E-state index contributed by atoms with van der Waals surface area (Å²) in [6.45, 7) is 0.242. The first-order valence-corrected chi connectivity index (χ1v) is 9.44. The number of hydrogen-bond acceptors (Lipinski definition) is 5. The van der Waals surface area contributed by atoms with Crippen LogP contribution in [-0.2, 0) is 9.84 Å². The number of rotatable bonds is 6. The second kappa shape index (κ2) is 6.11. The van der Waals surface area contributed by atoms with Crippen molar-refractivity contribution in [3.8, 4) is 11.4 Å². The fourth-order valence-corrected chi connectivity index (χ4v) is 2.91. The highest BCUT2D eigenvalue weighted by molar-refractivity contribution is 7.90. The van der Waals surface area contributed by atoms with E-state index < -0.39 is 9.84 Å². The van der Waals surface area contributed by atoms with E-state index in [2.05, 4.69) is 15.2 Å². The Bertz CT molecular complexity index is 781. The Morgan fingerprint density at radius 3 is 2.52 bits per heavy atom. The number of carbonyl (C=O) groups is 1. The molecule has 2 aromatic rings. The standard InChI is InChI=1S/C15H18N4O3S/c1-23(21,22)9-8-19(13-6-7-13)15(20)12-4-2-11(3-5-12)14-16-10-17-18-14/h2-5,10,13H,6-9H2,1H3,(H,16,17,18). The average molecular weight is 334 g/mol. The molecule has 0 radical (unpaired) electrons. The second-order valence-electron chi connectivity index (χ2n) is 5.77. The number of hydrogen-bond donors (Lipinski definition) is 1. The number of nitrogens with one attached hydrogen (secondary N) is 1. The summed E-state index contributed by atoms with van der Waals surface area (Å²) < 4.78 is 22.7. The average Bonchev–Trinajstić information content (AvgIpc) is 3.19. The minimum Gasteiger partial charge on any atom is -0.335 e. The van der Waals surface area contributed by atoms with Crippen LogP contribution in [0.1, 0.15) is 23.2 Å². The lowest BCUT2D eigenvalue weighted by molar-refractivity contribution is 0.0754. The van der Waals surface area contributed by atoms with E-state index in [1.807, 2.05) is 0 Å². The van der Waals surface area contributed by atoms with Gasteiger partial charge in [0.1, 0.15) is 16.2 Å². The molecule has 1 aliphatic carbocycles. The topological polar surface area (TPSA) is 96.0 Å². The molecule has 8 heteroatoms. The molecule has 0 unspecified atom stereocenters. The number of benzene rings is 1. The Kier molecular flexibility index (Phi) is 4.16. The van der Waals surface area contributed by atoms with Crippen LogP contribution >= 0.6 is 0 Å². The maximum atomic E-state index is 12.6. The third-order valence-corrected chi connectivity index (χ3v) is 4.70. The van der Waals surface area contributed by atoms with Crippen LogP contribution < -0.4 is 0 Å². The summed E-state index contributed by atoms with van der Waals surface area (Å²) in [7, 11) is -3.09. The van der Waals surface area contributed by atoms with Crippen LogP contribution in [-0.4, -0.2) is 59.0 Å². The number of carbonyl (C=O) groups excluding carboxylic acids is 1. The summed E-state index contributed by atoms with van der Waals surface area (Å²) in [5.41, 5.74) is 1.39. The molecule has 0 bridgehead atoms. The molecule has 1 aromatic heterocycles. The van der Waals surface area contributed by atoms with Gasteiger partial charge >= 0.3 is 0 Å². The van der Waals surface area contributed by atoms with Gasteiger partial charge in [0, 0.05) is 30.0 Å². The van der Waals surface area contributed by atoms with E-state index >= 15 is 0 Å². The molecule has 23 heavy (non-hydrogen) atoms. The van der Waals surface area contributed by atoms with E-state index in [1.165, 1.54) is 12.6 Å². The highest BCUT2D eigenvalue weighted by Crippen LogP contribution is 2.28. The Balaban J connectivity index is 1.75. The number of amides is 1. The molecule has 1 aromatic carbocycles. The van der Waals surface area contributed by atoms with Crippen LogP contribution in [0.2, 0.25) is 0 Å². The first-order valence-electron chi connectivity index (χ1n) is 7.38. The lowest BCUT2D eigenvalue weighted by Crippen LogP contribution is -2.36. The van der Waals surface area contributed by atoms with E-state index in [4.69, 9.17) is 0 Å². The molecule has 0 spiro atoms. The third kappa shape index (κ3) is 3.95. The predicted molar refractivity (Wildman–Crippen MR) is 85.6 cm³/mol. The number of aromatic amines is 1. The van der Waals surface area contributed by atoms with Gasteiger partial charge < -0.3 is 4.90 Å². The van der Waals surface area contributed by atoms with Gasteiger partial charge in [0.05, 0.1) is 5.75 Å². The van der Waals surface area contributed by atoms with Crippen molar-refractivity contribution in [1.82, 2.24) is 20.1 Å². The zero-order valence-electron chi connectivity index (χ0n) is 12.8. The van der Waals surface area contributed by atoms with Crippen LogP contribution in [0, 0.1) is 0 Å². The Labute approximate surface area is 134 Å². The Hall–Kier alpha value is -2.22. The fraction of sp³-hybridized carbons (Fsp3) is 0.400. The Morgan fingerprint density at radius 2 is 2.00 bits per heavy atom. The second-order valence-corrected chi connectivity index (χ2v) is 8.03. The van der Waals surface area contributed by atoms with Gasteiger partial charge in [-0.3, -0.25) is 9.89 Å². The number of H-pyrrole nitrogens is 1. The predicted octanol–water partition coefficient (Wildman–Crippen LogP) is 1.12. The monoisotopic (exact) mass is 334 g/mol. The number of nitrogens with zero attached hydrogens (tertiary/aromatic N) is 3. The zero-order chi connectivity index (χ0) is 16.4. The minimum absolute atomic E-state index is 0.00854. The van der Waals surface area contributed by atoms with Gasteiger partial charge in [-0.15, -0.1) is 0 Å². The molecule has 3 rings (SSSR count). The Morgan fingerprint density at radius 1 is 1.30 bits per heavy atom. The zero-order valence-corrected chi connectivity index (χ0v) is 13.6. The smallest absolute Gasteiger partial charge is 0.254 e. The number of sulfone groups is 1. The van der Waals surface area contributed by atoms with Crippen molar-refractivity contribution in [2.75, 3.05) is 18.6 Å². The molecule has 1 N–H and O–H groups in total. The molecule has 1 saturated carbocycles. The SMILES string of the molecule is CS(=O)(=O)CCN(C(=O)c1ccc(-c2ncn[nH]2)cc1)C1CC1. The van der Waals surface area contributed by atoms with Crippen LogP contribution in [0.5, 0.6) is 0 Å². The molecule has 1 fully saturated rings. The van der Waals surface area contributed by atoms with Gasteiger partial charge in [-0.25, -0.2) is 13.4 Å². The lowest BCUT2D eigenvalue weighted by Gasteiger charge is -2.22. The number of aromatic nitrogens is 3. The van der Waals surface area contributed by atoms with Gasteiger partial charge in [-0.1, -0.05) is 12.1 Å². The van der Waals surface area contributed by atoms with E-state index in [-0.39, 0.29) is 24.2 Å². The highest BCUT2D eigenvalue weighted by Gasteiger charge is 2.33. The summed E-state index contributed by atoms with van der Waals surface area (Å²) in [6.07, 6.45) is 4.49. The molecular formula is C15H18N4O3S. The van der Waals surface area contributed by atoms with Crippen molar-refractivity contribution < 1.29 is 13.2 Å². The minimum atomic E-state index is -3.09. The molecule has 0 atom stereocenters. The molecule has 0 aliphatic heterocycles. The first kappa shape index (κ1) is 15.7. The third-order valence-electron chi connectivity index (χ3n) is 3.77. The van der Waals surface area contributed by atoms with E-state index in [0.29, 0.717) is 11.4 Å². The van der Waals surface area contributed by atoms with Crippen LogP contribution in [0.15, 0.2) is 30.6 Å². The quantitative estimate of drug-likeness (QED) is 0.854. The van der Waals surface area contributed by atoms with Gasteiger partial charge in [0.15, 0.2) is 5.82 Å². The van der Waals surface area contributed by atoms with E-state index in [9.17, 15) is 13.2 Å². The normalized spacial score (nSPS) is 14.7. The van der Waals surface area contributed by atoms with Crippen LogP contribution in [0.25, 0.3) is 11.4 Å². The molecule has 7 nitrogen and oxygen atoms in total.